The Morgan fingerprint density at radius 1 is 0.746 bits per heavy atom. The summed E-state index contributed by atoms with van der Waals surface area (Å²) in [4.78, 5) is 56.2. The van der Waals surface area contributed by atoms with E-state index in [9.17, 15) is 33.1 Å². The second-order valence-electron chi connectivity index (χ2n) is 12.5. The molecule has 59 heavy (non-hydrogen) atoms. The number of Topliss-reactive ketones (excluding diaryl/α,β-unsaturated/α-hetero) is 1. The van der Waals surface area contributed by atoms with Crippen LogP contribution in [0.5, 0.6) is 0 Å². The predicted molar refractivity (Wildman–Crippen MR) is 236 cm³/mol. The second kappa shape index (κ2) is 19.4. The van der Waals surface area contributed by atoms with Gasteiger partial charge in [-0.1, -0.05) is 56.0 Å². The number of carboxylic acids is 1. The van der Waals surface area contributed by atoms with Gasteiger partial charge < -0.3 is 15.6 Å². The van der Waals surface area contributed by atoms with Crippen LogP contribution in [0.1, 0.15) is 64.4 Å². The Morgan fingerprint density at radius 3 is 1.73 bits per heavy atom. The van der Waals surface area contributed by atoms with Crippen molar-refractivity contribution in [2.45, 2.75) is 27.7 Å². The topological polar surface area (TPSA) is 150 Å². The van der Waals surface area contributed by atoms with Gasteiger partial charge in [0.1, 0.15) is 17.2 Å². The lowest BCUT2D eigenvalue weighted by molar-refractivity contribution is 0.0602. The Bertz CT molecular complexity index is 2780. The summed E-state index contributed by atoms with van der Waals surface area (Å²) in [5, 5.41) is 13.1. The lowest BCUT2D eigenvalue weighted by atomic mass is 10.0. The van der Waals surface area contributed by atoms with Crippen molar-refractivity contribution in [3.8, 4) is 20.9 Å². The molecule has 0 aliphatic carbocycles. The summed E-state index contributed by atoms with van der Waals surface area (Å²) in [7, 11) is 1.27. The molecule has 0 spiro atoms. The molecule has 0 bridgehead atoms. The number of aromatic carboxylic acids is 1. The number of esters is 1. The Balaban J connectivity index is 0.000000183. The number of hydrogen-bond donors (Lipinski definition) is 2. The van der Waals surface area contributed by atoms with Crippen LogP contribution in [0.4, 0.5) is 14.5 Å². The van der Waals surface area contributed by atoms with E-state index in [0.29, 0.717) is 36.6 Å². The Labute approximate surface area is 358 Å². The normalized spacial score (nSPS) is 10.5. The molecule has 4 heterocycles. The van der Waals surface area contributed by atoms with Crippen molar-refractivity contribution in [1.82, 2.24) is 9.97 Å². The number of aromatic nitrogens is 2. The monoisotopic (exact) mass is 889 g/mol. The summed E-state index contributed by atoms with van der Waals surface area (Å²) in [6.07, 6.45) is -0.0918. The maximum atomic E-state index is 14.4. The number of fused-ring (bicyclic) bond motifs is 2. The highest BCUT2D eigenvalue weighted by Crippen LogP contribution is 2.38. The molecule has 8 aromatic rings. The number of thiophene rings is 2. The summed E-state index contributed by atoms with van der Waals surface area (Å²) in [5.74, 6) is -2.83. The van der Waals surface area contributed by atoms with E-state index in [4.69, 9.17) is 17.3 Å². The Kier molecular flexibility index (Phi) is 14.6. The molecule has 0 amide bonds. The van der Waals surface area contributed by atoms with Crippen molar-refractivity contribution in [3.63, 3.8) is 0 Å². The van der Waals surface area contributed by atoms with Crippen LogP contribution in [0.25, 0.3) is 41.3 Å². The summed E-state index contributed by atoms with van der Waals surface area (Å²) < 4.78 is 34.8. The molecule has 0 fully saturated rings. The highest BCUT2D eigenvalue weighted by molar-refractivity contribution is 7.21. The second-order valence-corrected chi connectivity index (χ2v) is 16.6. The number of methoxy groups -OCH3 is 1. The van der Waals surface area contributed by atoms with Gasteiger partial charge in [-0.2, -0.15) is 0 Å². The average molecular weight is 890 g/mol. The lowest BCUT2D eigenvalue weighted by Crippen LogP contribution is -2.08. The van der Waals surface area contributed by atoms with Gasteiger partial charge in [-0.15, -0.1) is 45.3 Å². The van der Waals surface area contributed by atoms with Crippen LogP contribution in [0.15, 0.2) is 95.7 Å². The number of hydrogen-bond acceptors (Lipinski definition) is 12. The number of ketones is 1. The van der Waals surface area contributed by atoms with Gasteiger partial charge in [0, 0.05) is 22.9 Å². The number of ether oxygens (including phenoxy) is 1. The fourth-order valence-electron chi connectivity index (χ4n) is 5.64. The predicted octanol–water partition coefficient (Wildman–Crippen LogP) is 12.1. The van der Waals surface area contributed by atoms with Crippen molar-refractivity contribution in [1.29, 1.82) is 0 Å². The third-order valence-electron chi connectivity index (χ3n) is 8.37. The molecule has 0 atom stereocenters. The maximum Gasteiger partial charge on any atom is 0.341 e. The third kappa shape index (κ3) is 10.1. The van der Waals surface area contributed by atoms with Gasteiger partial charge in [0.15, 0.2) is 15.8 Å². The molecule has 0 saturated carbocycles. The number of rotatable bonds is 8. The summed E-state index contributed by atoms with van der Waals surface area (Å²) in [5.41, 5.74) is 10.3. The van der Waals surface area contributed by atoms with Crippen LogP contribution in [-0.2, 0) is 11.2 Å². The first-order chi connectivity index (χ1) is 27.7. The minimum Gasteiger partial charge on any atom is -0.478 e. The van der Waals surface area contributed by atoms with E-state index in [1.165, 1.54) is 53.3 Å². The van der Waals surface area contributed by atoms with Crippen LogP contribution < -0.4 is 5.73 Å². The van der Waals surface area contributed by atoms with E-state index in [1.807, 2.05) is 48.5 Å². The van der Waals surface area contributed by atoms with E-state index in [-0.39, 0.29) is 42.1 Å². The van der Waals surface area contributed by atoms with Gasteiger partial charge in [-0.25, -0.2) is 28.3 Å². The lowest BCUT2D eigenvalue weighted by Gasteiger charge is -2.05. The molecule has 4 aromatic carbocycles. The number of nitrogens with two attached hydrogens (primary N) is 1. The van der Waals surface area contributed by atoms with Crippen LogP contribution in [0.3, 0.4) is 0 Å². The molecule has 3 N–H and O–H groups in total. The highest BCUT2D eigenvalue weighted by Gasteiger charge is 2.25. The van der Waals surface area contributed by atoms with E-state index in [0.717, 1.165) is 42.9 Å². The average Bonchev–Trinajstić information content (AvgIpc) is 4.00. The molecule has 4 aromatic heterocycles. The number of anilines is 1. The first-order valence-corrected chi connectivity index (χ1v) is 20.8. The van der Waals surface area contributed by atoms with Crippen LogP contribution >= 0.6 is 56.9 Å². The first-order valence-electron chi connectivity index (χ1n) is 17.0. The zero-order valence-electron chi connectivity index (χ0n) is 30.7. The molecule has 9 nitrogen and oxygen atoms in total. The number of carbonyl (C=O) groups is 4. The summed E-state index contributed by atoms with van der Waals surface area (Å²) >= 11 is 10.2. The number of halogens is 3. The zero-order valence-corrected chi connectivity index (χ0v) is 34.7. The fourth-order valence-corrected chi connectivity index (χ4v) is 9.57. The third-order valence-corrected chi connectivity index (χ3v) is 12.9. The van der Waals surface area contributed by atoms with E-state index in [1.54, 1.807) is 48.9 Å². The van der Waals surface area contributed by atoms with Crippen molar-refractivity contribution in [2.24, 2.45) is 0 Å². The van der Waals surface area contributed by atoms with Crippen LogP contribution in [0.2, 0.25) is 0 Å². The molecule has 0 aliphatic rings. The van der Waals surface area contributed by atoms with Gasteiger partial charge in [-0.3, -0.25) is 9.59 Å². The van der Waals surface area contributed by atoms with Crippen molar-refractivity contribution in [3.05, 3.63) is 145 Å². The number of carbonyl (C=O) groups excluding carboxylic acids is 3. The first kappa shape index (κ1) is 44.4. The SMILES string of the molecule is C.COC(=O)c1c(N)csc1-c1ccc(C)cc1F.Cc1ccc(-c2scc(CC(=O)c3nc4ccccc4s3)c2C(=O)O)c(F)c1.O=C(Cl)c1nc2ccccc2s1. The van der Waals surface area contributed by atoms with Crippen molar-refractivity contribution < 1.29 is 37.8 Å². The van der Waals surface area contributed by atoms with E-state index in [2.05, 4.69) is 14.7 Å². The zero-order chi connectivity index (χ0) is 41.7. The number of nitrogen functional groups attached to an aromatic ring is 1. The smallest absolute Gasteiger partial charge is 0.341 e. The van der Waals surface area contributed by atoms with E-state index < -0.39 is 23.0 Å². The number of nitrogens with zero attached hydrogens (tertiary/aromatic N) is 2. The maximum absolute atomic E-state index is 14.4. The molecule has 0 radical (unpaired) electrons. The molecule has 302 valence electrons. The van der Waals surface area contributed by atoms with Gasteiger partial charge in [0.25, 0.3) is 5.24 Å². The quantitative estimate of drug-likeness (QED) is 0.0863. The standard InChI is InChI=1S/C21H14FNO3S2.C13H12FNO2S.C8H4ClNOS.CH4/c1-11-6-7-13(14(22)8-11)19-18(21(25)26)12(10-27-19)9-16(24)20-23-15-4-2-3-5-17(15)28-20;1-7-3-4-8(9(14)5-7)12-11(13(16)17-2)10(15)6-18-12;9-7(11)8-10-5-3-1-2-4-6(5)12-8;/h2-8,10H,9H2,1H3,(H,25,26);3-6H,15H2,1-2H3;1-4H;1H4. The minimum atomic E-state index is -1.18. The fraction of sp³-hybridized carbons (Fsp3) is 0.116. The summed E-state index contributed by atoms with van der Waals surface area (Å²) in [6, 6.07) is 24.5. The molecular formula is C43H34ClF2N3O6S4. The highest BCUT2D eigenvalue weighted by atomic mass is 35.5. The van der Waals surface area contributed by atoms with Crippen LogP contribution in [-0.4, -0.2) is 45.1 Å². The van der Waals surface area contributed by atoms with E-state index >= 15 is 0 Å². The minimum absolute atomic E-state index is 0. The number of carboxylic acid groups (broad SMARTS) is 1. The molecule has 0 aliphatic heterocycles. The molecule has 0 unspecified atom stereocenters. The number of para-hydroxylation sites is 2. The van der Waals surface area contributed by atoms with Gasteiger partial charge >= 0.3 is 11.9 Å². The largest absolute Gasteiger partial charge is 0.478 e. The Morgan fingerprint density at radius 2 is 1.24 bits per heavy atom. The van der Waals surface area contributed by atoms with Crippen molar-refractivity contribution in [2.75, 3.05) is 12.8 Å². The molecule has 8 rings (SSSR count). The molecule has 0 saturated heterocycles. The van der Waals surface area contributed by atoms with Crippen molar-refractivity contribution >= 4 is 106 Å². The number of benzene rings is 4. The van der Waals surface area contributed by atoms with Crippen LogP contribution in [0, 0.1) is 25.5 Å². The van der Waals surface area contributed by atoms with Gasteiger partial charge in [0.05, 0.1) is 48.5 Å². The summed E-state index contributed by atoms with van der Waals surface area (Å²) in [6.45, 7) is 3.57. The molecule has 16 heteroatoms. The van der Waals surface area contributed by atoms with Gasteiger partial charge in [0.2, 0.25) is 0 Å². The number of aryl methyl sites for hydroxylation is 2. The number of thiazole rings is 2. The molecular weight excluding hydrogens is 856 g/mol. The van der Waals surface area contributed by atoms with Gasteiger partial charge in [-0.05, 0) is 83.9 Å². The Hall–Kier alpha value is -5.71.